The summed E-state index contributed by atoms with van der Waals surface area (Å²) in [5, 5.41) is 7.47. The van der Waals surface area contributed by atoms with Gasteiger partial charge in [-0.1, -0.05) is 36.4 Å². The first kappa shape index (κ1) is 20.0. The third kappa shape index (κ3) is 4.64. The van der Waals surface area contributed by atoms with Crippen LogP contribution in [0.5, 0.6) is 5.75 Å². The highest BCUT2D eigenvalue weighted by atomic mass is 16.5. The van der Waals surface area contributed by atoms with E-state index in [1.165, 1.54) is 12.3 Å². The number of furan rings is 1. The van der Waals surface area contributed by atoms with Gasteiger partial charge in [0.1, 0.15) is 17.2 Å². The smallest absolute Gasteiger partial charge is 0.272 e. The molecule has 0 spiro atoms. The van der Waals surface area contributed by atoms with Crippen LogP contribution in [-0.2, 0) is 4.79 Å². The van der Waals surface area contributed by atoms with Crippen LogP contribution < -0.4 is 15.4 Å². The van der Waals surface area contributed by atoms with Crippen LogP contribution in [0.2, 0.25) is 0 Å². The van der Waals surface area contributed by atoms with E-state index in [9.17, 15) is 9.59 Å². The highest BCUT2D eigenvalue weighted by Gasteiger charge is 2.16. The molecule has 0 unspecified atom stereocenters. The van der Waals surface area contributed by atoms with Crippen LogP contribution in [0.15, 0.2) is 95.2 Å². The molecule has 2 amide bonds. The number of amides is 2. The molecule has 0 aliphatic rings. The van der Waals surface area contributed by atoms with Gasteiger partial charge in [0.25, 0.3) is 11.8 Å². The largest absolute Gasteiger partial charge is 0.497 e. The molecular weight excluding hydrogens is 392 g/mol. The van der Waals surface area contributed by atoms with E-state index in [0.717, 1.165) is 10.8 Å². The Morgan fingerprint density at radius 3 is 2.42 bits per heavy atom. The van der Waals surface area contributed by atoms with E-state index in [2.05, 4.69) is 10.6 Å². The number of benzene rings is 3. The summed E-state index contributed by atoms with van der Waals surface area (Å²) in [7, 11) is 1.55. The molecule has 154 valence electrons. The summed E-state index contributed by atoms with van der Waals surface area (Å²) in [5.41, 5.74) is 1.10. The van der Waals surface area contributed by atoms with E-state index >= 15 is 0 Å². The van der Waals surface area contributed by atoms with Gasteiger partial charge >= 0.3 is 0 Å². The second kappa shape index (κ2) is 9.00. The standard InChI is InChI=1S/C25H20N2O4/c1-30-19-13-11-18(12-14-19)24(28)27-23(16-20-8-5-15-31-20)25(29)26-22-10-4-7-17-6-2-3-9-21(17)22/h2-16H,1H3,(H,26,29)(H,27,28)/b23-16-. The molecule has 0 fully saturated rings. The minimum absolute atomic E-state index is 0.0590. The number of fused-ring (bicyclic) bond motifs is 1. The second-order valence-corrected chi connectivity index (χ2v) is 6.74. The van der Waals surface area contributed by atoms with E-state index < -0.39 is 11.8 Å². The average Bonchev–Trinajstić information content (AvgIpc) is 3.32. The molecular formula is C25H20N2O4. The third-order valence-corrected chi connectivity index (χ3v) is 4.71. The van der Waals surface area contributed by atoms with Gasteiger partial charge in [-0.3, -0.25) is 9.59 Å². The van der Waals surface area contributed by atoms with Crippen LogP contribution in [0.3, 0.4) is 0 Å². The summed E-state index contributed by atoms with van der Waals surface area (Å²) in [5.74, 6) is 0.192. The Bertz CT molecular complexity index is 1240. The Hall–Kier alpha value is -4.32. The molecule has 4 rings (SSSR count). The Kier molecular flexibility index (Phi) is 5.80. The lowest BCUT2D eigenvalue weighted by Crippen LogP contribution is -2.30. The van der Waals surface area contributed by atoms with Crippen molar-refractivity contribution in [2.75, 3.05) is 12.4 Å². The van der Waals surface area contributed by atoms with Crippen LogP contribution in [0.4, 0.5) is 5.69 Å². The van der Waals surface area contributed by atoms with Crippen molar-refractivity contribution in [2.24, 2.45) is 0 Å². The van der Waals surface area contributed by atoms with Gasteiger partial charge in [0.15, 0.2) is 0 Å². The molecule has 2 N–H and O–H groups in total. The molecule has 1 heterocycles. The predicted molar refractivity (Wildman–Crippen MR) is 120 cm³/mol. The maximum atomic E-state index is 13.1. The lowest BCUT2D eigenvalue weighted by molar-refractivity contribution is -0.113. The third-order valence-electron chi connectivity index (χ3n) is 4.71. The minimum Gasteiger partial charge on any atom is -0.497 e. The number of nitrogens with one attached hydrogen (secondary N) is 2. The topological polar surface area (TPSA) is 80.6 Å². The number of ether oxygens (including phenoxy) is 1. The maximum Gasteiger partial charge on any atom is 0.272 e. The zero-order valence-corrected chi connectivity index (χ0v) is 16.8. The number of anilines is 1. The number of rotatable bonds is 6. The van der Waals surface area contributed by atoms with Gasteiger partial charge in [-0.2, -0.15) is 0 Å². The van der Waals surface area contributed by atoms with E-state index in [4.69, 9.17) is 9.15 Å². The van der Waals surface area contributed by atoms with Gasteiger partial charge < -0.3 is 19.8 Å². The normalized spacial score (nSPS) is 11.2. The van der Waals surface area contributed by atoms with Crippen LogP contribution >= 0.6 is 0 Å². The summed E-state index contributed by atoms with van der Waals surface area (Å²) in [6.07, 6.45) is 2.99. The number of methoxy groups -OCH3 is 1. The van der Waals surface area contributed by atoms with Gasteiger partial charge in [-0.15, -0.1) is 0 Å². The fraction of sp³-hybridized carbons (Fsp3) is 0.0400. The first-order chi connectivity index (χ1) is 15.1. The Morgan fingerprint density at radius 2 is 1.68 bits per heavy atom. The van der Waals surface area contributed by atoms with Crippen LogP contribution in [-0.4, -0.2) is 18.9 Å². The van der Waals surface area contributed by atoms with Gasteiger partial charge in [0, 0.05) is 22.7 Å². The molecule has 4 aromatic rings. The Morgan fingerprint density at radius 1 is 0.903 bits per heavy atom. The Balaban J connectivity index is 1.61. The highest BCUT2D eigenvalue weighted by Crippen LogP contribution is 2.23. The minimum atomic E-state index is -0.463. The van der Waals surface area contributed by atoms with Crippen molar-refractivity contribution in [2.45, 2.75) is 0 Å². The lowest BCUT2D eigenvalue weighted by atomic mass is 10.1. The number of carbonyl (C=O) groups excluding carboxylic acids is 2. The molecule has 0 saturated heterocycles. The zero-order valence-electron chi connectivity index (χ0n) is 16.8. The molecule has 6 heteroatoms. The Labute approximate surface area is 179 Å². The molecule has 0 bridgehead atoms. The van der Waals surface area contributed by atoms with E-state index in [1.54, 1.807) is 43.5 Å². The molecule has 31 heavy (non-hydrogen) atoms. The fourth-order valence-electron chi connectivity index (χ4n) is 3.13. The quantitative estimate of drug-likeness (QED) is 0.444. The summed E-state index contributed by atoms with van der Waals surface area (Å²) in [4.78, 5) is 25.8. The first-order valence-electron chi connectivity index (χ1n) is 9.64. The van der Waals surface area contributed by atoms with Crippen LogP contribution in [0.25, 0.3) is 16.8 Å². The summed E-state index contributed by atoms with van der Waals surface area (Å²) >= 11 is 0. The van der Waals surface area contributed by atoms with Crippen molar-refractivity contribution in [1.82, 2.24) is 5.32 Å². The zero-order chi connectivity index (χ0) is 21.6. The molecule has 3 aromatic carbocycles. The van der Waals surface area contributed by atoms with Crippen molar-refractivity contribution in [1.29, 1.82) is 0 Å². The number of hydrogen-bond donors (Lipinski definition) is 2. The molecule has 1 aromatic heterocycles. The molecule has 0 atom stereocenters. The van der Waals surface area contributed by atoms with Gasteiger partial charge in [0.05, 0.1) is 13.4 Å². The van der Waals surface area contributed by atoms with Crippen LogP contribution in [0.1, 0.15) is 16.1 Å². The van der Waals surface area contributed by atoms with Gasteiger partial charge in [0.2, 0.25) is 0 Å². The molecule has 0 saturated carbocycles. The van der Waals surface area contributed by atoms with Gasteiger partial charge in [-0.25, -0.2) is 0 Å². The second-order valence-electron chi connectivity index (χ2n) is 6.74. The van der Waals surface area contributed by atoms with Gasteiger partial charge in [-0.05, 0) is 47.9 Å². The predicted octanol–water partition coefficient (Wildman–Crippen LogP) is 4.85. The van der Waals surface area contributed by atoms with Crippen molar-refractivity contribution >= 4 is 34.4 Å². The van der Waals surface area contributed by atoms with E-state index in [0.29, 0.717) is 22.8 Å². The van der Waals surface area contributed by atoms with Crippen molar-refractivity contribution in [3.8, 4) is 5.75 Å². The fourth-order valence-corrected chi connectivity index (χ4v) is 3.13. The van der Waals surface area contributed by atoms with Crippen molar-refractivity contribution < 1.29 is 18.7 Å². The summed E-state index contributed by atoms with van der Waals surface area (Å²) in [6.45, 7) is 0. The van der Waals surface area contributed by atoms with Crippen molar-refractivity contribution in [3.63, 3.8) is 0 Å². The van der Waals surface area contributed by atoms with E-state index in [-0.39, 0.29) is 5.70 Å². The van der Waals surface area contributed by atoms with Crippen LogP contribution in [0, 0.1) is 0 Å². The summed E-state index contributed by atoms with van der Waals surface area (Å²) in [6, 6.07) is 23.4. The summed E-state index contributed by atoms with van der Waals surface area (Å²) < 4.78 is 10.4. The highest BCUT2D eigenvalue weighted by molar-refractivity contribution is 6.13. The molecule has 0 radical (unpaired) electrons. The average molecular weight is 412 g/mol. The van der Waals surface area contributed by atoms with Crippen molar-refractivity contribution in [3.05, 3.63) is 102 Å². The molecule has 6 nitrogen and oxygen atoms in total. The molecule has 0 aliphatic heterocycles. The molecule has 0 aliphatic carbocycles. The maximum absolute atomic E-state index is 13.1. The van der Waals surface area contributed by atoms with E-state index in [1.807, 2.05) is 42.5 Å². The number of carbonyl (C=O) groups is 2. The number of hydrogen-bond acceptors (Lipinski definition) is 4. The monoisotopic (exact) mass is 412 g/mol. The SMILES string of the molecule is COc1ccc(C(=O)N/C(=C\c2ccco2)C(=O)Nc2cccc3ccccc23)cc1. The lowest BCUT2D eigenvalue weighted by Gasteiger charge is -2.12. The first-order valence-corrected chi connectivity index (χ1v) is 9.64.